The molecular formula is C20H18FN3O4S. The van der Waals surface area contributed by atoms with Gasteiger partial charge in [0.1, 0.15) is 12.4 Å². The minimum absolute atomic E-state index is 0.149. The molecular weight excluding hydrogens is 397 g/mol. The van der Waals surface area contributed by atoms with Crippen molar-refractivity contribution < 1.29 is 23.1 Å². The molecule has 2 heterocycles. The summed E-state index contributed by atoms with van der Waals surface area (Å²) >= 11 is 1.15. The van der Waals surface area contributed by atoms with E-state index in [9.17, 15) is 9.18 Å². The number of nitrogens with one attached hydrogen (secondary N) is 1. The van der Waals surface area contributed by atoms with Gasteiger partial charge in [-0.1, -0.05) is 36.0 Å². The van der Waals surface area contributed by atoms with Crippen LogP contribution in [0.25, 0.3) is 0 Å². The minimum atomic E-state index is -0.490. The van der Waals surface area contributed by atoms with Crippen molar-refractivity contribution in [1.29, 1.82) is 0 Å². The van der Waals surface area contributed by atoms with Gasteiger partial charge in [0.2, 0.25) is 12.0 Å². The van der Waals surface area contributed by atoms with E-state index in [-0.39, 0.29) is 29.3 Å². The Kier molecular flexibility index (Phi) is 5.95. The number of ether oxygens (including phenoxy) is 2. The number of aromatic nitrogens is 2. The molecule has 3 aromatic rings. The van der Waals surface area contributed by atoms with Gasteiger partial charge in [-0.3, -0.25) is 4.79 Å². The van der Waals surface area contributed by atoms with Crippen LogP contribution >= 0.6 is 11.8 Å². The number of hydrogen-bond acceptors (Lipinski definition) is 7. The summed E-state index contributed by atoms with van der Waals surface area (Å²) in [5.41, 5.74) is 0.956. The zero-order valence-corrected chi connectivity index (χ0v) is 16.2. The van der Waals surface area contributed by atoms with Gasteiger partial charge in [0.05, 0.1) is 5.75 Å². The Morgan fingerprint density at radius 1 is 1.14 bits per heavy atom. The van der Waals surface area contributed by atoms with E-state index in [2.05, 4.69) is 15.5 Å². The fourth-order valence-corrected chi connectivity index (χ4v) is 3.33. The molecule has 150 valence electrons. The monoisotopic (exact) mass is 415 g/mol. The van der Waals surface area contributed by atoms with Gasteiger partial charge >= 0.3 is 0 Å². The molecule has 0 saturated carbocycles. The van der Waals surface area contributed by atoms with Crippen molar-refractivity contribution in [2.24, 2.45) is 0 Å². The second-order valence-corrected chi connectivity index (χ2v) is 7.21. The lowest BCUT2D eigenvalue weighted by molar-refractivity contribution is -0.118. The Balaban J connectivity index is 1.22. The summed E-state index contributed by atoms with van der Waals surface area (Å²) in [6.07, 6.45) is 0.137. The number of benzene rings is 2. The molecule has 1 aliphatic heterocycles. The van der Waals surface area contributed by atoms with Crippen LogP contribution in [-0.4, -0.2) is 35.0 Å². The summed E-state index contributed by atoms with van der Waals surface area (Å²) in [7, 11) is 0. The Bertz CT molecular complexity index is 980. The van der Waals surface area contributed by atoms with E-state index in [1.807, 2.05) is 24.3 Å². The summed E-state index contributed by atoms with van der Waals surface area (Å²) < 4.78 is 29.9. The Morgan fingerprint density at radius 3 is 2.76 bits per heavy atom. The molecule has 29 heavy (non-hydrogen) atoms. The summed E-state index contributed by atoms with van der Waals surface area (Å²) in [6.45, 7) is 0.736. The molecule has 0 fully saturated rings. The van der Waals surface area contributed by atoms with Gasteiger partial charge in [-0.2, -0.15) is 0 Å². The molecule has 0 spiro atoms. The van der Waals surface area contributed by atoms with Gasteiger partial charge in [0.15, 0.2) is 11.5 Å². The molecule has 0 radical (unpaired) electrons. The summed E-state index contributed by atoms with van der Waals surface area (Å²) in [4.78, 5) is 12.0. The lowest BCUT2D eigenvalue weighted by atomic mass is 10.1. The highest BCUT2D eigenvalue weighted by molar-refractivity contribution is 7.99. The van der Waals surface area contributed by atoms with Gasteiger partial charge in [-0.15, -0.1) is 10.2 Å². The first-order chi connectivity index (χ1) is 14.2. The molecule has 1 N–H and O–H groups in total. The first-order valence-electron chi connectivity index (χ1n) is 9.03. The van der Waals surface area contributed by atoms with Crippen LogP contribution in [0.2, 0.25) is 0 Å². The summed E-state index contributed by atoms with van der Waals surface area (Å²) in [5, 5.41) is 11.0. The number of para-hydroxylation sites is 2. The van der Waals surface area contributed by atoms with Crippen LogP contribution in [0.5, 0.6) is 11.5 Å². The van der Waals surface area contributed by atoms with E-state index < -0.39 is 6.10 Å². The fourth-order valence-electron chi connectivity index (χ4n) is 2.73. The van der Waals surface area contributed by atoms with Crippen LogP contribution in [-0.2, 0) is 11.2 Å². The van der Waals surface area contributed by atoms with Crippen LogP contribution in [0.4, 0.5) is 4.39 Å². The molecule has 1 atom stereocenters. The number of fused-ring (bicyclic) bond motifs is 1. The van der Waals surface area contributed by atoms with Gasteiger partial charge in [-0.25, -0.2) is 4.39 Å². The average Bonchev–Trinajstić information content (AvgIpc) is 3.22. The number of halogens is 1. The van der Waals surface area contributed by atoms with Crippen molar-refractivity contribution in [2.75, 3.05) is 18.9 Å². The van der Waals surface area contributed by atoms with E-state index in [0.717, 1.165) is 17.3 Å². The fraction of sp³-hybridized carbons (Fsp3) is 0.250. The second kappa shape index (κ2) is 8.95. The maximum Gasteiger partial charge on any atom is 0.277 e. The van der Waals surface area contributed by atoms with E-state index in [1.54, 1.807) is 12.1 Å². The molecule has 0 aliphatic carbocycles. The molecule has 1 aromatic heterocycles. The quantitative estimate of drug-likeness (QED) is 0.593. The van der Waals surface area contributed by atoms with Crippen LogP contribution in [0.3, 0.4) is 0 Å². The smallest absolute Gasteiger partial charge is 0.277 e. The number of nitrogens with zero attached hydrogens (tertiary/aromatic N) is 2. The third-order valence-corrected chi connectivity index (χ3v) is 5.00. The van der Waals surface area contributed by atoms with E-state index in [4.69, 9.17) is 13.9 Å². The average molecular weight is 415 g/mol. The first kappa shape index (κ1) is 19.3. The third-order valence-electron chi connectivity index (χ3n) is 4.18. The Labute approximate surface area is 170 Å². The molecule has 0 saturated heterocycles. The van der Waals surface area contributed by atoms with E-state index in [0.29, 0.717) is 30.4 Å². The van der Waals surface area contributed by atoms with Crippen LogP contribution in [0.15, 0.2) is 58.2 Å². The number of rotatable bonds is 7. The zero-order valence-electron chi connectivity index (χ0n) is 15.3. The number of thioether (sulfide) groups is 1. The molecule has 7 nitrogen and oxygen atoms in total. The number of carbonyl (C=O) groups is 1. The van der Waals surface area contributed by atoms with Crippen LogP contribution in [0, 0.1) is 5.82 Å². The number of amides is 1. The topological polar surface area (TPSA) is 86.5 Å². The van der Waals surface area contributed by atoms with E-state index in [1.165, 1.54) is 12.1 Å². The van der Waals surface area contributed by atoms with Gasteiger partial charge in [0.25, 0.3) is 11.1 Å². The number of hydrogen-bond donors (Lipinski definition) is 1. The SMILES string of the molecule is O=C(CSc1nnc([C@H]2COc3ccccc3O2)o1)NCCc1ccc(F)cc1. The van der Waals surface area contributed by atoms with Crippen LogP contribution in [0.1, 0.15) is 17.6 Å². The Hall–Kier alpha value is -3.07. The van der Waals surface area contributed by atoms with Crippen LogP contribution < -0.4 is 14.8 Å². The standard InChI is InChI=1S/C20H18FN3O4S/c21-14-7-5-13(6-8-14)9-10-22-18(25)12-29-20-24-23-19(28-20)17-11-26-15-3-1-2-4-16(15)27-17/h1-8,17H,9-12H2,(H,22,25)/t17-/m1/s1. The van der Waals surface area contributed by atoms with Gasteiger partial charge in [0, 0.05) is 6.54 Å². The van der Waals surface area contributed by atoms with Crippen molar-refractivity contribution in [3.63, 3.8) is 0 Å². The number of carbonyl (C=O) groups excluding carboxylic acids is 1. The lowest BCUT2D eigenvalue weighted by Crippen LogP contribution is -2.27. The molecule has 2 aromatic carbocycles. The highest BCUT2D eigenvalue weighted by atomic mass is 32.2. The highest BCUT2D eigenvalue weighted by Gasteiger charge is 2.27. The van der Waals surface area contributed by atoms with Crippen molar-refractivity contribution in [2.45, 2.75) is 17.7 Å². The van der Waals surface area contributed by atoms with Crippen molar-refractivity contribution in [3.05, 3.63) is 65.8 Å². The van der Waals surface area contributed by atoms with Gasteiger partial charge < -0.3 is 19.2 Å². The molecule has 0 bridgehead atoms. The van der Waals surface area contributed by atoms with Crippen molar-refractivity contribution in [1.82, 2.24) is 15.5 Å². The zero-order chi connectivity index (χ0) is 20.1. The molecule has 0 unspecified atom stereocenters. The van der Waals surface area contributed by atoms with Gasteiger partial charge in [-0.05, 0) is 36.2 Å². The predicted molar refractivity (Wildman–Crippen MR) is 103 cm³/mol. The summed E-state index contributed by atoms with van der Waals surface area (Å²) in [5.74, 6) is 1.33. The van der Waals surface area contributed by atoms with E-state index >= 15 is 0 Å². The molecule has 4 rings (SSSR count). The normalized spacial score (nSPS) is 15.1. The maximum atomic E-state index is 12.9. The molecule has 1 aliphatic rings. The maximum absolute atomic E-state index is 12.9. The largest absolute Gasteiger partial charge is 0.485 e. The molecule has 1 amide bonds. The second-order valence-electron chi connectivity index (χ2n) is 6.29. The molecule has 9 heteroatoms. The minimum Gasteiger partial charge on any atom is -0.485 e. The summed E-state index contributed by atoms with van der Waals surface area (Å²) in [6, 6.07) is 13.6. The third kappa shape index (κ3) is 5.05. The predicted octanol–water partition coefficient (Wildman–Crippen LogP) is 3.17. The first-order valence-corrected chi connectivity index (χ1v) is 10.0. The Morgan fingerprint density at radius 2 is 1.93 bits per heavy atom. The van der Waals surface area contributed by atoms with Crippen molar-refractivity contribution >= 4 is 17.7 Å². The highest BCUT2D eigenvalue weighted by Crippen LogP contribution is 2.35. The van der Waals surface area contributed by atoms with Crippen molar-refractivity contribution in [3.8, 4) is 11.5 Å². The lowest BCUT2D eigenvalue weighted by Gasteiger charge is -2.23.